The Bertz CT molecular complexity index is 345. The van der Waals surface area contributed by atoms with Crippen LogP contribution in [0.3, 0.4) is 0 Å². The fourth-order valence-electron chi connectivity index (χ4n) is 1.55. The Hall–Kier alpha value is 0.0900. The molecule has 0 amide bonds. The van der Waals surface area contributed by atoms with Gasteiger partial charge in [0.05, 0.1) is 0 Å². The van der Waals surface area contributed by atoms with Crippen LogP contribution in [0, 0.1) is 3.95 Å². The average Bonchev–Trinajstić information content (AvgIpc) is 2.63. The van der Waals surface area contributed by atoms with Gasteiger partial charge in [0.1, 0.15) is 0 Å². The number of H-pyrrole nitrogens is 1. The Morgan fingerprint density at radius 1 is 1.50 bits per heavy atom. The summed E-state index contributed by atoms with van der Waals surface area (Å²) in [6.45, 7) is 2.24. The molecule has 1 unspecified atom stereocenters. The van der Waals surface area contributed by atoms with Gasteiger partial charge in [-0.15, -0.1) is 0 Å². The molecule has 0 bridgehead atoms. The van der Waals surface area contributed by atoms with E-state index in [-0.39, 0.29) is 0 Å². The average molecular weight is 277 g/mol. The van der Waals surface area contributed by atoms with Gasteiger partial charge in [-0.2, -0.15) is 5.10 Å². The van der Waals surface area contributed by atoms with E-state index in [0.29, 0.717) is 6.04 Å². The highest BCUT2D eigenvalue weighted by atomic mass is 32.2. The van der Waals surface area contributed by atoms with Crippen LogP contribution in [0.1, 0.15) is 26.2 Å². The third kappa shape index (κ3) is 4.95. The normalized spacial score (nSPS) is 13.2. The van der Waals surface area contributed by atoms with Gasteiger partial charge in [0.25, 0.3) is 0 Å². The van der Waals surface area contributed by atoms with Crippen LogP contribution in [-0.2, 0) is 0 Å². The molecule has 1 heterocycles. The molecular weight excluding hydrogens is 258 g/mol. The molecule has 0 saturated carbocycles. The summed E-state index contributed by atoms with van der Waals surface area (Å²) in [5, 5.41) is 6.95. The molecule has 0 aliphatic carbocycles. The molecule has 0 radical (unpaired) electrons. The molecule has 1 rings (SSSR count). The molecule has 1 aromatic rings. The highest BCUT2D eigenvalue weighted by Crippen LogP contribution is 2.22. The molecule has 0 aliphatic rings. The predicted octanol–water partition coefficient (Wildman–Crippen LogP) is 3.41. The van der Waals surface area contributed by atoms with E-state index in [1.807, 2.05) is 0 Å². The summed E-state index contributed by atoms with van der Waals surface area (Å²) in [5.41, 5.74) is 0. The first kappa shape index (κ1) is 14.2. The first-order valence-electron chi connectivity index (χ1n) is 5.48. The van der Waals surface area contributed by atoms with Crippen LogP contribution in [0.15, 0.2) is 4.34 Å². The molecule has 0 aromatic carbocycles. The minimum Gasteiger partial charge on any atom is -0.306 e. The standard InChI is InChI=1S/C10H19N3S3/c1-4-5-8(13(2)3)6-7-15-10-12-11-9(14)16-10/h8H,4-7H2,1-3H3,(H,11,14). The van der Waals surface area contributed by atoms with Gasteiger partial charge in [0.2, 0.25) is 0 Å². The van der Waals surface area contributed by atoms with E-state index >= 15 is 0 Å². The van der Waals surface area contributed by atoms with Gasteiger partial charge >= 0.3 is 0 Å². The number of aromatic amines is 1. The van der Waals surface area contributed by atoms with Crippen LogP contribution in [0.5, 0.6) is 0 Å². The molecule has 0 aliphatic heterocycles. The predicted molar refractivity (Wildman–Crippen MR) is 75.0 cm³/mol. The van der Waals surface area contributed by atoms with Crippen molar-refractivity contribution in [2.24, 2.45) is 0 Å². The molecule has 1 N–H and O–H groups in total. The number of rotatable bonds is 7. The number of hydrogen-bond donors (Lipinski definition) is 1. The Kier molecular flexibility index (Phi) is 6.57. The van der Waals surface area contributed by atoms with Crippen molar-refractivity contribution in [2.45, 2.75) is 36.6 Å². The fraction of sp³-hybridized carbons (Fsp3) is 0.800. The van der Waals surface area contributed by atoms with Gasteiger partial charge in [-0.25, -0.2) is 0 Å². The Balaban J connectivity index is 2.30. The first-order chi connectivity index (χ1) is 7.63. The van der Waals surface area contributed by atoms with Crippen molar-refractivity contribution in [3.63, 3.8) is 0 Å². The number of nitrogens with zero attached hydrogens (tertiary/aromatic N) is 2. The third-order valence-corrected chi connectivity index (χ3v) is 4.71. The van der Waals surface area contributed by atoms with E-state index in [9.17, 15) is 0 Å². The highest BCUT2D eigenvalue weighted by molar-refractivity contribution is 8.01. The van der Waals surface area contributed by atoms with Crippen LogP contribution in [-0.4, -0.2) is 41.0 Å². The fourth-order valence-corrected chi connectivity index (χ4v) is 3.75. The maximum Gasteiger partial charge on any atom is 0.177 e. The van der Waals surface area contributed by atoms with Crippen molar-refractivity contribution >= 4 is 35.3 Å². The second-order valence-electron chi connectivity index (χ2n) is 3.92. The van der Waals surface area contributed by atoms with Crippen LogP contribution >= 0.6 is 35.3 Å². The van der Waals surface area contributed by atoms with Gasteiger partial charge in [0, 0.05) is 11.8 Å². The lowest BCUT2D eigenvalue weighted by atomic mass is 10.1. The van der Waals surface area contributed by atoms with Crippen molar-refractivity contribution in [1.82, 2.24) is 15.1 Å². The zero-order valence-electron chi connectivity index (χ0n) is 10.0. The van der Waals surface area contributed by atoms with Crippen molar-refractivity contribution in [3.05, 3.63) is 3.95 Å². The van der Waals surface area contributed by atoms with Crippen LogP contribution in [0.25, 0.3) is 0 Å². The van der Waals surface area contributed by atoms with Gasteiger partial charge in [-0.05, 0) is 39.2 Å². The van der Waals surface area contributed by atoms with Crippen molar-refractivity contribution < 1.29 is 0 Å². The lowest BCUT2D eigenvalue weighted by Crippen LogP contribution is -2.28. The van der Waals surface area contributed by atoms with Gasteiger partial charge in [0.15, 0.2) is 8.29 Å². The lowest BCUT2D eigenvalue weighted by Gasteiger charge is -2.23. The summed E-state index contributed by atoms with van der Waals surface area (Å²) in [5.74, 6) is 1.11. The minimum atomic E-state index is 0.685. The monoisotopic (exact) mass is 277 g/mol. The van der Waals surface area contributed by atoms with Gasteiger partial charge in [-0.3, -0.25) is 5.10 Å². The lowest BCUT2D eigenvalue weighted by molar-refractivity contribution is 0.271. The van der Waals surface area contributed by atoms with E-state index in [2.05, 4.69) is 36.1 Å². The van der Waals surface area contributed by atoms with E-state index in [4.69, 9.17) is 12.2 Å². The second-order valence-corrected chi connectivity index (χ2v) is 6.93. The third-order valence-electron chi connectivity index (χ3n) is 2.45. The van der Waals surface area contributed by atoms with E-state index in [0.717, 1.165) is 14.0 Å². The molecular formula is C10H19N3S3. The molecule has 6 heteroatoms. The van der Waals surface area contributed by atoms with Crippen molar-refractivity contribution in [1.29, 1.82) is 0 Å². The van der Waals surface area contributed by atoms with Gasteiger partial charge < -0.3 is 4.90 Å². The second kappa shape index (κ2) is 7.42. The Morgan fingerprint density at radius 3 is 2.75 bits per heavy atom. The summed E-state index contributed by atoms with van der Waals surface area (Å²) in [6.07, 6.45) is 3.72. The SMILES string of the molecule is CCCC(CCSc1n[nH]c(=S)s1)N(C)C. The maximum atomic E-state index is 5.00. The molecule has 16 heavy (non-hydrogen) atoms. The molecule has 3 nitrogen and oxygen atoms in total. The van der Waals surface area contributed by atoms with Crippen molar-refractivity contribution in [3.8, 4) is 0 Å². The Labute approximate surface area is 111 Å². The maximum absolute atomic E-state index is 5.00. The van der Waals surface area contributed by atoms with Crippen molar-refractivity contribution in [2.75, 3.05) is 19.8 Å². The summed E-state index contributed by atoms with van der Waals surface area (Å²) >= 11 is 8.35. The highest BCUT2D eigenvalue weighted by Gasteiger charge is 2.10. The summed E-state index contributed by atoms with van der Waals surface area (Å²) in [4.78, 5) is 2.32. The van der Waals surface area contributed by atoms with Crippen LogP contribution in [0.2, 0.25) is 0 Å². The smallest absolute Gasteiger partial charge is 0.177 e. The molecule has 92 valence electrons. The zero-order valence-corrected chi connectivity index (χ0v) is 12.5. The number of nitrogens with one attached hydrogen (secondary N) is 1. The van der Waals surface area contributed by atoms with E-state index < -0.39 is 0 Å². The molecule has 0 saturated heterocycles. The molecule has 0 spiro atoms. The number of hydrogen-bond acceptors (Lipinski definition) is 5. The summed E-state index contributed by atoms with van der Waals surface area (Å²) < 4.78 is 1.82. The first-order valence-corrected chi connectivity index (χ1v) is 7.69. The van der Waals surface area contributed by atoms with E-state index in [1.54, 1.807) is 23.1 Å². The minimum absolute atomic E-state index is 0.685. The van der Waals surface area contributed by atoms with Crippen LogP contribution < -0.4 is 0 Å². The number of aromatic nitrogens is 2. The molecule has 0 fully saturated rings. The quantitative estimate of drug-likeness (QED) is 0.611. The van der Waals surface area contributed by atoms with E-state index in [1.165, 1.54) is 19.3 Å². The molecule has 1 aromatic heterocycles. The largest absolute Gasteiger partial charge is 0.306 e. The topological polar surface area (TPSA) is 31.9 Å². The number of thioether (sulfide) groups is 1. The summed E-state index contributed by atoms with van der Waals surface area (Å²) in [6, 6.07) is 0.685. The summed E-state index contributed by atoms with van der Waals surface area (Å²) in [7, 11) is 4.31. The molecule has 1 atom stereocenters. The van der Waals surface area contributed by atoms with Gasteiger partial charge in [-0.1, -0.05) is 36.4 Å². The Morgan fingerprint density at radius 2 is 2.25 bits per heavy atom. The zero-order chi connectivity index (χ0) is 12.0. The van der Waals surface area contributed by atoms with Crippen LogP contribution in [0.4, 0.5) is 0 Å².